The van der Waals surface area contributed by atoms with E-state index in [4.69, 9.17) is 14.2 Å². The Bertz CT molecular complexity index is 299. The van der Waals surface area contributed by atoms with Crippen LogP contribution in [0.5, 0.6) is 0 Å². The van der Waals surface area contributed by atoms with E-state index in [-0.39, 0.29) is 5.79 Å². The zero-order valence-electron chi connectivity index (χ0n) is 12.9. The van der Waals surface area contributed by atoms with Crippen molar-refractivity contribution in [3.63, 3.8) is 0 Å². The summed E-state index contributed by atoms with van der Waals surface area (Å²) in [4.78, 5) is 2.70. The van der Waals surface area contributed by atoms with Gasteiger partial charge in [0.05, 0.1) is 26.4 Å². The highest BCUT2D eigenvalue weighted by Gasteiger charge is 2.48. The molecular weight excluding hydrogens is 254 g/mol. The third-order valence-corrected chi connectivity index (χ3v) is 5.43. The molecule has 2 saturated heterocycles. The lowest BCUT2D eigenvalue weighted by molar-refractivity contribution is -0.198. The van der Waals surface area contributed by atoms with E-state index in [1.54, 1.807) is 0 Å². The molecule has 4 nitrogen and oxygen atoms in total. The summed E-state index contributed by atoms with van der Waals surface area (Å²) in [5.74, 6) is -0.234. The molecule has 3 rings (SSSR count). The Morgan fingerprint density at radius 3 is 2.15 bits per heavy atom. The molecule has 4 heteroatoms. The summed E-state index contributed by atoms with van der Waals surface area (Å²) in [6.07, 6.45) is 8.48. The number of morpholine rings is 1. The van der Waals surface area contributed by atoms with Crippen molar-refractivity contribution in [1.82, 2.24) is 4.90 Å². The van der Waals surface area contributed by atoms with Crippen LogP contribution in [0, 0.1) is 0 Å². The van der Waals surface area contributed by atoms with Crippen LogP contribution in [0.4, 0.5) is 0 Å². The summed E-state index contributed by atoms with van der Waals surface area (Å²) in [6, 6.07) is 0. The first-order valence-corrected chi connectivity index (χ1v) is 8.39. The molecule has 116 valence electrons. The molecule has 0 N–H and O–H groups in total. The normalized spacial score (nSPS) is 29.9. The van der Waals surface area contributed by atoms with Crippen molar-refractivity contribution in [2.45, 2.75) is 63.2 Å². The van der Waals surface area contributed by atoms with Gasteiger partial charge in [-0.25, -0.2) is 0 Å². The summed E-state index contributed by atoms with van der Waals surface area (Å²) in [6.45, 7) is 7.83. The highest BCUT2D eigenvalue weighted by atomic mass is 16.7. The second-order valence-corrected chi connectivity index (χ2v) is 6.53. The van der Waals surface area contributed by atoms with Gasteiger partial charge >= 0.3 is 0 Å². The Kier molecular flexibility index (Phi) is 4.65. The van der Waals surface area contributed by atoms with Gasteiger partial charge in [0, 0.05) is 31.5 Å². The molecule has 3 fully saturated rings. The molecule has 0 amide bonds. The number of hydrogen-bond donors (Lipinski definition) is 0. The molecule has 20 heavy (non-hydrogen) atoms. The monoisotopic (exact) mass is 283 g/mol. The molecule has 0 bridgehead atoms. The van der Waals surface area contributed by atoms with Gasteiger partial charge in [0.1, 0.15) is 0 Å². The van der Waals surface area contributed by atoms with E-state index in [1.807, 2.05) is 0 Å². The molecular formula is C16H29NO3. The zero-order valence-corrected chi connectivity index (χ0v) is 12.9. The summed E-state index contributed by atoms with van der Waals surface area (Å²) in [5, 5.41) is 0. The molecule has 1 spiro atoms. The van der Waals surface area contributed by atoms with E-state index in [1.165, 1.54) is 32.1 Å². The van der Waals surface area contributed by atoms with Crippen molar-refractivity contribution in [3.8, 4) is 0 Å². The molecule has 0 radical (unpaired) electrons. The van der Waals surface area contributed by atoms with E-state index in [2.05, 4.69) is 11.8 Å². The summed E-state index contributed by atoms with van der Waals surface area (Å²) in [5.41, 5.74) is 0.375. The Balaban J connectivity index is 1.67. The van der Waals surface area contributed by atoms with Gasteiger partial charge in [0.15, 0.2) is 5.79 Å². The number of hydrogen-bond acceptors (Lipinski definition) is 4. The van der Waals surface area contributed by atoms with Crippen LogP contribution in [0.25, 0.3) is 0 Å². The van der Waals surface area contributed by atoms with Gasteiger partial charge in [0.2, 0.25) is 0 Å². The number of unbranched alkanes of at least 4 members (excludes halogenated alkanes) is 1. The molecule has 0 aromatic heterocycles. The van der Waals surface area contributed by atoms with Gasteiger partial charge in [-0.05, 0) is 19.3 Å². The minimum Gasteiger partial charge on any atom is -0.379 e. The average Bonchev–Trinajstić information content (AvgIpc) is 2.97. The lowest BCUT2D eigenvalue weighted by Gasteiger charge is -2.51. The van der Waals surface area contributed by atoms with Gasteiger partial charge in [-0.2, -0.15) is 0 Å². The summed E-state index contributed by atoms with van der Waals surface area (Å²) >= 11 is 0. The molecule has 3 aliphatic rings. The standard InChI is InChI=1S/C16H29NO3/c1-2-3-4-15(17-9-11-18-12-10-17)5-7-16(8-6-15)19-13-14-20-16/h2-14H2,1H3. The van der Waals surface area contributed by atoms with Crippen molar-refractivity contribution < 1.29 is 14.2 Å². The zero-order chi connectivity index (χ0) is 13.9. The number of ether oxygens (including phenoxy) is 3. The quantitative estimate of drug-likeness (QED) is 0.793. The third kappa shape index (κ3) is 2.89. The topological polar surface area (TPSA) is 30.9 Å². The van der Waals surface area contributed by atoms with Crippen LogP contribution in [0.1, 0.15) is 51.9 Å². The van der Waals surface area contributed by atoms with E-state index in [0.29, 0.717) is 5.54 Å². The van der Waals surface area contributed by atoms with Crippen LogP contribution >= 0.6 is 0 Å². The lowest BCUT2D eigenvalue weighted by atomic mass is 9.74. The van der Waals surface area contributed by atoms with Gasteiger partial charge in [-0.3, -0.25) is 4.90 Å². The van der Waals surface area contributed by atoms with Crippen LogP contribution in [0.3, 0.4) is 0 Å². The van der Waals surface area contributed by atoms with Crippen molar-refractivity contribution in [1.29, 1.82) is 0 Å². The predicted molar refractivity (Wildman–Crippen MR) is 77.8 cm³/mol. The van der Waals surface area contributed by atoms with Crippen LogP contribution in [-0.4, -0.2) is 55.7 Å². The van der Waals surface area contributed by atoms with Crippen molar-refractivity contribution in [3.05, 3.63) is 0 Å². The van der Waals surface area contributed by atoms with Crippen LogP contribution in [0.15, 0.2) is 0 Å². The van der Waals surface area contributed by atoms with Crippen LogP contribution < -0.4 is 0 Å². The average molecular weight is 283 g/mol. The Labute approximate surface area is 122 Å². The molecule has 2 heterocycles. The molecule has 0 aromatic carbocycles. The Morgan fingerprint density at radius 2 is 1.55 bits per heavy atom. The highest BCUT2D eigenvalue weighted by molar-refractivity contribution is 4.99. The molecule has 0 unspecified atom stereocenters. The van der Waals surface area contributed by atoms with E-state index in [9.17, 15) is 0 Å². The minimum absolute atomic E-state index is 0.234. The van der Waals surface area contributed by atoms with Crippen molar-refractivity contribution >= 4 is 0 Å². The highest BCUT2D eigenvalue weighted by Crippen LogP contribution is 2.45. The van der Waals surface area contributed by atoms with Crippen molar-refractivity contribution in [2.24, 2.45) is 0 Å². The maximum Gasteiger partial charge on any atom is 0.168 e. The van der Waals surface area contributed by atoms with E-state index < -0.39 is 0 Å². The van der Waals surface area contributed by atoms with E-state index in [0.717, 1.165) is 52.4 Å². The number of rotatable bonds is 4. The molecule has 0 aromatic rings. The third-order valence-electron chi connectivity index (χ3n) is 5.43. The maximum atomic E-state index is 5.90. The summed E-state index contributed by atoms with van der Waals surface area (Å²) < 4.78 is 17.3. The lowest BCUT2D eigenvalue weighted by Crippen LogP contribution is -2.57. The van der Waals surface area contributed by atoms with Crippen molar-refractivity contribution in [2.75, 3.05) is 39.5 Å². The first-order valence-electron chi connectivity index (χ1n) is 8.39. The fourth-order valence-electron chi connectivity index (χ4n) is 4.15. The minimum atomic E-state index is -0.234. The molecule has 2 aliphatic heterocycles. The van der Waals surface area contributed by atoms with Crippen LogP contribution in [0.2, 0.25) is 0 Å². The summed E-state index contributed by atoms with van der Waals surface area (Å²) in [7, 11) is 0. The van der Waals surface area contributed by atoms with Gasteiger partial charge in [0.25, 0.3) is 0 Å². The first-order chi connectivity index (χ1) is 9.79. The second kappa shape index (κ2) is 6.30. The second-order valence-electron chi connectivity index (χ2n) is 6.53. The Morgan fingerprint density at radius 1 is 0.900 bits per heavy atom. The molecule has 1 saturated carbocycles. The molecule has 0 atom stereocenters. The fourth-order valence-corrected chi connectivity index (χ4v) is 4.15. The Hall–Kier alpha value is -0.160. The fraction of sp³-hybridized carbons (Fsp3) is 1.00. The first kappa shape index (κ1) is 14.8. The van der Waals surface area contributed by atoms with Gasteiger partial charge < -0.3 is 14.2 Å². The van der Waals surface area contributed by atoms with Gasteiger partial charge in [-0.15, -0.1) is 0 Å². The SMILES string of the molecule is CCCCC1(N2CCOCC2)CCC2(CC1)OCCO2. The molecule has 1 aliphatic carbocycles. The predicted octanol–water partition coefficient (Wildman–Crippen LogP) is 2.56. The smallest absolute Gasteiger partial charge is 0.168 e. The number of nitrogens with zero attached hydrogens (tertiary/aromatic N) is 1. The maximum absolute atomic E-state index is 5.90. The van der Waals surface area contributed by atoms with E-state index >= 15 is 0 Å². The van der Waals surface area contributed by atoms with Gasteiger partial charge in [-0.1, -0.05) is 19.8 Å². The largest absolute Gasteiger partial charge is 0.379 e. The van der Waals surface area contributed by atoms with Crippen LogP contribution in [-0.2, 0) is 14.2 Å².